The van der Waals surface area contributed by atoms with Crippen molar-refractivity contribution in [2.75, 3.05) is 13.6 Å². The molecule has 19 heavy (non-hydrogen) atoms. The smallest absolute Gasteiger partial charge is 0.253 e. The summed E-state index contributed by atoms with van der Waals surface area (Å²) in [5.74, 6) is -0.858. The van der Waals surface area contributed by atoms with E-state index < -0.39 is 5.95 Å². The number of halogens is 1. The third-order valence-electron chi connectivity index (χ3n) is 2.81. The minimum absolute atomic E-state index is 0.213. The highest BCUT2D eigenvalue weighted by atomic mass is 19.1. The fourth-order valence-electron chi connectivity index (χ4n) is 1.70. The van der Waals surface area contributed by atoms with Gasteiger partial charge in [-0.2, -0.15) is 4.39 Å². The van der Waals surface area contributed by atoms with Gasteiger partial charge in [0.05, 0.1) is 0 Å². The topological polar surface area (TPSA) is 46.1 Å². The lowest BCUT2D eigenvalue weighted by Gasteiger charge is -2.17. The van der Waals surface area contributed by atoms with E-state index >= 15 is 0 Å². The lowest BCUT2D eigenvalue weighted by atomic mass is 10.2. The van der Waals surface area contributed by atoms with Crippen LogP contribution in [0.2, 0.25) is 0 Å². The zero-order valence-electron chi connectivity index (χ0n) is 10.6. The molecule has 0 saturated carbocycles. The Morgan fingerprint density at radius 2 is 2.00 bits per heavy atom. The van der Waals surface area contributed by atoms with Gasteiger partial charge in [0.1, 0.15) is 0 Å². The molecule has 1 amide bonds. The molecule has 2 rings (SSSR count). The van der Waals surface area contributed by atoms with Gasteiger partial charge in [-0.15, -0.1) is 0 Å². The summed E-state index contributed by atoms with van der Waals surface area (Å²) in [5.41, 5.74) is 1.42. The first-order chi connectivity index (χ1) is 9.16. The second kappa shape index (κ2) is 6.04. The zero-order valence-corrected chi connectivity index (χ0v) is 10.6. The average Bonchev–Trinajstić information content (AvgIpc) is 2.45. The van der Waals surface area contributed by atoms with Crippen LogP contribution in [0.15, 0.2) is 42.9 Å². The maximum atomic E-state index is 13.0. The lowest BCUT2D eigenvalue weighted by Crippen LogP contribution is -2.29. The Balaban J connectivity index is 1.96. The highest BCUT2D eigenvalue weighted by Crippen LogP contribution is 2.06. The summed E-state index contributed by atoms with van der Waals surface area (Å²) in [4.78, 5) is 21.0. The molecule has 98 valence electrons. The lowest BCUT2D eigenvalue weighted by molar-refractivity contribution is 0.0796. The normalized spacial score (nSPS) is 10.2. The van der Waals surface area contributed by atoms with Crippen molar-refractivity contribution in [3.05, 3.63) is 59.9 Å². The van der Waals surface area contributed by atoms with Crippen LogP contribution in [0.3, 0.4) is 0 Å². The molecule has 0 N–H and O–H groups in total. The van der Waals surface area contributed by atoms with E-state index in [4.69, 9.17) is 0 Å². The van der Waals surface area contributed by atoms with E-state index in [9.17, 15) is 9.18 Å². The minimum atomic E-state index is -0.645. The number of pyridine rings is 2. The molecule has 0 aliphatic rings. The number of likely N-dealkylation sites (N-methyl/N-ethyl adjacent to an activating group) is 1. The molecule has 0 atom stereocenters. The molecule has 0 unspecified atom stereocenters. The van der Waals surface area contributed by atoms with Crippen LogP contribution < -0.4 is 0 Å². The largest absolute Gasteiger partial charge is 0.341 e. The van der Waals surface area contributed by atoms with Crippen LogP contribution in [-0.2, 0) is 6.42 Å². The molecular formula is C14H14FN3O. The summed E-state index contributed by atoms with van der Waals surface area (Å²) >= 11 is 0. The minimum Gasteiger partial charge on any atom is -0.341 e. The summed E-state index contributed by atoms with van der Waals surface area (Å²) in [6.45, 7) is 0.562. The number of carbonyl (C=O) groups is 1. The Hall–Kier alpha value is -2.30. The van der Waals surface area contributed by atoms with Gasteiger partial charge in [-0.25, -0.2) is 4.98 Å². The van der Waals surface area contributed by atoms with Crippen molar-refractivity contribution in [1.82, 2.24) is 14.9 Å². The van der Waals surface area contributed by atoms with Crippen LogP contribution >= 0.6 is 0 Å². The van der Waals surface area contributed by atoms with Gasteiger partial charge in [0, 0.05) is 43.8 Å². The Labute approximate surface area is 110 Å². The van der Waals surface area contributed by atoms with Crippen LogP contribution in [0.1, 0.15) is 15.9 Å². The van der Waals surface area contributed by atoms with Crippen molar-refractivity contribution in [2.45, 2.75) is 6.42 Å². The summed E-state index contributed by atoms with van der Waals surface area (Å²) in [7, 11) is 1.70. The van der Waals surface area contributed by atoms with E-state index in [1.807, 2.05) is 12.1 Å². The number of rotatable bonds is 4. The fraction of sp³-hybridized carbons (Fsp3) is 0.214. The molecule has 2 aromatic heterocycles. The van der Waals surface area contributed by atoms with Gasteiger partial charge in [0.25, 0.3) is 5.91 Å². The van der Waals surface area contributed by atoms with Gasteiger partial charge in [-0.1, -0.05) is 0 Å². The molecular weight excluding hydrogens is 245 g/mol. The first-order valence-corrected chi connectivity index (χ1v) is 5.93. The second-order valence-corrected chi connectivity index (χ2v) is 4.20. The summed E-state index contributed by atoms with van der Waals surface area (Å²) in [5, 5.41) is 0. The van der Waals surface area contributed by atoms with E-state index in [0.717, 1.165) is 18.1 Å². The highest BCUT2D eigenvalue weighted by molar-refractivity contribution is 5.93. The van der Waals surface area contributed by atoms with Crippen LogP contribution in [0, 0.1) is 5.95 Å². The molecule has 2 aromatic rings. The Morgan fingerprint density at radius 3 is 2.68 bits per heavy atom. The number of nitrogens with zero attached hydrogens (tertiary/aromatic N) is 3. The quantitative estimate of drug-likeness (QED) is 0.788. The van der Waals surface area contributed by atoms with Crippen molar-refractivity contribution in [1.29, 1.82) is 0 Å². The van der Waals surface area contributed by atoms with Crippen LogP contribution in [0.4, 0.5) is 4.39 Å². The summed E-state index contributed by atoms with van der Waals surface area (Å²) in [6.07, 6.45) is 5.46. The molecule has 0 radical (unpaired) electrons. The molecule has 0 bridgehead atoms. The molecule has 0 aliphatic carbocycles. The monoisotopic (exact) mass is 259 g/mol. The Morgan fingerprint density at radius 1 is 1.26 bits per heavy atom. The van der Waals surface area contributed by atoms with E-state index in [2.05, 4.69) is 9.97 Å². The number of hydrogen-bond donors (Lipinski definition) is 0. The zero-order chi connectivity index (χ0) is 13.7. The van der Waals surface area contributed by atoms with E-state index in [1.54, 1.807) is 24.3 Å². The van der Waals surface area contributed by atoms with Gasteiger partial charge in [0.15, 0.2) is 0 Å². The first-order valence-electron chi connectivity index (χ1n) is 5.93. The van der Waals surface area contributed by atoms with Gasteiger partial charge in [-0.3, -0.25) is 9.78 Å². The molecule has 0 spiro atoms. The van der Waals surface area contributed by atoms with Crippen LogP contribution in [0.25, 0.3) is 0 Å². The fourth-order valence-corrected chi connectivity index (χ4v) is 1.70. The molecule has 5 heteroatoms. The molecule has 2 heterocycles. The number of carbonyl (C=O) groups excluding carboxylic acids is 1. The van der Waals surface area contributed by atoms with Gasteiger partial charge >= 0.3 is 0 Å². The predicted molar refractivity (Wildman–Crippen MR) is 69.1 cm³/mol. The Bertz CT molecular complexity index is 560. The molecule has 0 aromatic carbocycles. The third-order valence-corrected chi connectivity index (χ3v) is 2.81. The first kappa shape index (κ1) is 13.1. The Kier molecular flexibility index (Phi) is 4.18. The highest BCUT2D eigenvalue weighted by Gasteiger charge is 2.12. The van der Waals surface area contributed by atoms with Crippen LogP contribution in [-0.4, -0.2) is 34.4 Å². The van der Waals surface area contributed by atoms with Crippen molar-refractivity contribution >= 4 is 5.91 Å². The SMILES string of the molecule is CN(CCc1ccncc1)C(=O)c1ccnc(F)c1. The van der Waals surface area contributed by atoms with Crippen molar-refractivity contribution in [3.63, 3.8) is 0 Å². The van der Waals surface area contributed by atoms with Gasteiger partial charge < -0.3 is 4.90 Å². The van der Waals surface area contributed by atoms with Crippen LogP contribution in [0.5, 0.6) is 0 Å². The predicted octanol–water partition coefficient (Wildman–Crippen LogP) is 1.93. The van der Waals surface area contributed by atoms with Crippen molar-refractivity contribution in [3.8, 4) is 0 Å². The number of amides is 1. The maximum Gasteiger partial charge on any atom is 0.253 e. The molecule has 0 aliphatic heterocycles. The van der Waals surface area contributed by atoms with Crippen molar-refractivity contribution in [2.24, 2.45) is 0 Å². The summed E-state index contributed by atoms with van der Waals surface area (Å²) in [6, 6.07) is 6.47. The standard InChI is InChI=1S/C14H14FN3O/c1-18(9-5-11-2-6-16-7-3-11)14(19)12-4-8-17-13(15)10-12/h2-4,6-8,10H,5,9H2,1H3. The third kappa shape index (κ3) is 3.58. The van der Waals surface area contributed by atoms with E-state index in [1.165, 1.54) is 12.3 Å². The number of aromatic nitrogens is 2. The number of hydrogen-bond acceptors (Lipinski definition) is 3. The average molecular weight is 259 g/mol. The van der Waals surface area contributed by atoms with Gasteiger partial charge in [-0.05, 0) is 30.2 Å². The molecule has 0 fully saturated rings. The maximum absolute atomic E-state index is 13.0. The van der Waals surface area contributed by atoms with E-state index in [-0.39, 0.29) is 5.91 Å². The second-order valence-electron chi connectivity index (χ2n) is 4.20. The van der Waals surface area contributed by atoms with Gasteiger partial charge in [0.2, 0.25) is 5.95 Å². The molecule has 0 saturated heterocycles. The summed E-state index contributed by atoms with van der Waals surface area (Å²) < 4.78 is 13.0. The molecule has 4 nitrogen and oxygen atoms in total. The van der Waals surface area contributed by atoms with E-state index in [0.29, 0.717) is 12.1 Å². The van der Waals surface area contributed by atoms with Crippen molar-refractivity contribution < 1.29 is 9.18 Å².